The highest BCUT2D eigenvalue weighted by Crippen LogP contribution is 2.32. The molecule has 0 fully saturated rings. The predicted molar refractivity (Wildman–Crippen MR) is 76.9 cm³/mol. The Labute approximate surface area is 122 Å². The fraction of sp³-hybridized carbons (Fsp3) is 0.308. The van der Waals surface area contributed by atoms with Gasteiger partial charge in [-0.05, 0) is 36.7 Å². The number of aromatic nitrogens is 2. The Morgan fingerprint density at radius 1 is 1.32 bits per heavy atom. The van der Waals surface area contributed by atoms with Gasteiger partial charge in [0.15, 0.2) is 0 Å². The summed E-state index contributed by atoms with van der Waals surface area (Å²) in [5, 5.41) is 5.21. The van der Waals surface area contributed by atoms with Crippen LogP contribution in [0.1, 0.15) is 5.56 Å². The molecule has 1 aromatic heterocycles. The van der Waals surface area contributed by atoms with Gasteiger partial charge in [0, 0.05) is 17.4 Å². The topological polar surface area (TPSA) is 53.1 Å². The van der Waals surface area contributed by atoms with Gasteiger partial charge in [-0.15, -0.1) is 0 Å². The SMILES string of the molecule is NCCc1cc(Cl)cc(Cl)c1OCCn1cccn1. The standard InChI is InChI=1S/C13H15Cl2N3O/c14-11-8-10(2-3-16)13(12(15)9-11)19-7-6-18-5-1-4-17-18/h1,4-5,8-9H,2-3,6-7,16H2. The number of hydrogen-bond acceptors (Lipinski definition) is 3. The van der Waals surface area contributed by atoms with E-state index in [4.69, 9.17) is 33.7 Å². The van der Waals surface area contributed by atoms with E-state index < -0.39 is 0 Å². The minimum Gasteiger partial charge on any atom is -0.490 e. The van der Waals surface area contributed by atoms with Crippen molar-refractivity contribution < 1.29 is 4.74 Å². The molecular weight excluding hydrogens is 285 g/mol. The first-order chi connectivity index (χ1) is 9.20. The van der Waals surface area contributed by atoms with E-state index in [0.29, 0.717) is 41.9 Å². The Hall–Kier alpha value is -1.23. The van der Waals surface area contributed by atoms with Gasteiger partial charge in [0.1, 0.15) is 12.4 Å². The molecule has 0 aliphatic carbocycles. The lowest BCUT2D eigenvalue weighted by molar-refractivity contribution is 0.289. The molecule has 0 spiro atoms. The Kier molecular flexibility index (Phi) is 5.07. The van der Waals surface area contributed by atoms with Crippen LogP contribution < -0.4 is 10.5 Å². The molecule has 0 radical (unpaired) electrons. The molecule has 102 valence electrons. The third kappa shape index (κ3) is 3.86. The van der Waals surface area contributed by atoms with E-state index in [0.717, 1.165) is 5.56 Å². The summed E-state index contributed by atoms with van der Waals surface area (Å²) in [6.07, 6.45) is 4.29. The zero-order valence-corrected chi connectivity index (χ0v) is 11.9. The Balaban J connectivity index is 2.05. The highest BCUT2D eigenvalue weighted by molar-refractivity contribution is 6.35. The number of ether oxygens (including phenoxy) is 1. The lowest BCUT2D eigenvalue weighted by atomic mass is 10.1. The second kappa shape index (κ2) is 6.80. The van der Waals surface area contributed by atoms with Gasteiger partial charge in [-0.1, -0.05) is 23.2 Å². The van der Waals surface area contributed by atoms with Crippen LogP contribution in [0, 0.1) is 0 Å². The highest BCUT2D eigenvalue weighted by Gasteiger charge is 2.10. The van der Waals surface area contributed by atoms with Gasteiger partial charge in [0.05, 0.1) is 11.6 Å². The van der Waals surface area contributed by atoms with Crippen molar-refractivity contribution in [3.63, 3.8) is 0 Å². The Morgan fingerprint density at radius 3 is 2.84 bits per heavy atom. The summed E-state index contributed by atoms with van der Waals surface area (Å²) in [5.74, 6) is 0.656. The molecule has 2 N–H and O–H groups in total. The van der Waals surface area contributed by atoms with Gasteiger partial charge in [0.2, 0.25) is 0 Å². The maximum Gasteiger partial charge on any atom is 0.141 e. The molecule has 0 saturated heterocycles. The van der Waals surface area contributed by atoms with Crippen LogP contribution in [0.4, 0.5) is 0 Å². The van der Waals surface area contributed by atoms with Gasteiger partial charge in [-0.2, -0.15) is 5.10 Å². The molecule has 2 rings (SSSR count). The highest BCUT2D eigenvalue weighted by atomic mass is 35.5. The third-order valence-corrected chi connectivity index (χ3v) is 3.12. The smallest absolute Gasteiger partial charge is 0.141 e. The summed E-state index contributed by atoms with van der Waals surface area (Å²) in [5.41, 5.74) is 6.51. The molecule has 0 unspecified atom stereocenters. The molecule has 0 bridgehead atoms. The molecule has 0 amide bonds. The van der Waals surface area contributed by atoms with E-state index in [1.54, 1.807) is 16.9 Å². The average Bonchev–Trinajstić information content (AvgIpc) is 2.86. The second-order valence-corrected chi connectivity index (χ2v) is 4.88. The lowest BCUT2D eigenvalue weighted by Gasteiger charge is -2.13. The number of benzene rings is 1. The number of hydrogen-bond donors (Lipinski definition) is 1. The Morgan fingerprint density at radius 2 is 2.16 bits per heavy atom. The molecule has 6 heteroatoms. The summed E-state index contributed by atoms with van der Waals surface area (Å²) in [7, 11) is 0. The Bertz CT molecular complexity index is 529. The van der Waals surface area contributed by atoms with Gasteiger partial charge in [0.25, 0.3) is 0 Å². The van der Waals surface area contributed by atoms with Crippen LogP contribution in [-0.2, 0) is 13.0 Å². The number of rotatable bonds is 6. The maximum atomic E-state index is 6.16. The number of halogens is 2. The second-order valence-electron chi connectivity index (χ2n) is 4.03. The molecule has 0 atom stereocenters. The first kappa shape index (κ1) is 14.2. The monoisotopic (exact) mass is 299 g/mol. The normalized spacial score (nSPS) is 10.7. The molecule has 0 aliphatic heterocycles. The van der Waals surface area contributed by atoms with Crippen molar-refractivity contribution in [3.8, 4) is 5.75 Å². The van der Waals surface area contributed by atoms with E-state index in [2.05, 4.69) is 5.10 Å². The van der Waals surface area contributed by atoms with E-state index in [1.165, 1.54) is 0 Å². The summed E-state index contributed by atoms with van der Waals surface area (Å²) in [6, 6.07) is 5.38. The van der Waals surface area contributed by atoms with Crippen molar-refractivity contribution in [1.29, 1.82) is 0 Å². The van der Waals surface area contributed by atoms with Crippen molar-refractivity contribution in [1.82, 2.24) is 9.78 Å². The fourth-order valence-electron chi connectivity index (χ4n) is 1.79. The largest absolute Gasteiger partial charge is 0.490 e. The molecule has 2 aromatic rings. The minimum absolute atomic E-state index is 0.487. The van der Waals surface area contributed by atoms with Crippen LogP contribution in [0.3, 0.4) is 0 Å². The summed E-state index contributed by atoms with van der Waals surface area (Å²) in [6.45, 7) is 1.67. The molecule has 0 saturated carbocycles. The van der Waals surface area contributed by atoms with Crippen LogP contribution in [0.2, 0.25) is 10.0 Å². The van der Waals surface area contributed by atoms with E-state index in [1.807, 2.05) is 18.3 Å². The summed E-state index contributed by atoms with van der Waals surface area (Å²) in [4.78, 5) is 0. The zero-order valence-electron chi connectivity index (χ0n) is 10.4. The molecule has 4 nitrogen and oxygen atoms in total. The van der Waals surface area contributed by atoms with Crippen molar-refractivity contribution in [2.24, 2.45) is 5.73 Å². The van der Waals surface area contributed by atoms with Gasteiger partial charge >= 0.3 is 0 Å². The van der Waals surface area contributed by atoms with Crippen molar-refractivity contribution in [3.05, 3.63) is 46.2 Å². The van der Waals surface area contributed by atoms with Crippen LogP contribution in [-0.4, -0.2) is 22.9 Å². The van der Waals surface area contributed by atoms with Crippen LogP contribution in [0.15, 0.2) is 30.6 Å². The minimum atomic E-state index is 0.487. The van der Waals surface area contributed by atoms with Crippen LogP contribution >= 0.6 is 23.2 Å². The summed E-state index contributed by atoms with van der Waals surface area (Å²) >= 11 is 12.1. The fourth-order valence-corrected chi connectivity index (χ4v) is 2.38. The van der Waals surface area contributed by atoms with Crippen molar-refractivity contribution in [2.75, 3.05) is 13.2 Å². The number of nitrogens with two attached hydrogens (primary N) is 1. The predicted octanol–water partition coefficient (Wildman–Crippen LogP) is 2.77. The lowest BCUT2D eigenvalue weighted by Crippen LogP contribution is -2.11. The van der Waals surface area contributed by atoms with Gasteiger partial charge in [-0.3, -0.25) is 4.68 Å². The van der Waals surface area contributed by atoms with Crippen LogP contribution in [0.5, 0.6) is 5.75 Å². The first-order valence-electron chi connectivity index (χ1n) is 5.99. The number of nitrogens with zero attached hydrogens (tertiary/aromatic N) is 2. The molecule has 1 heterocycles. The zero-order chi connectivity index (χ0) is 13.7. The summed E-state index contributed by atoms with van der Waals surface area (Å²) < 4.78 is 7.54. The molecule has 1 aromatic carbocycles. The van der Waals surface area contributed by atoms with Crippen molar-refractivity contribution >= 4 is 23.2 Å². The molecule has 0 aliphatic rings. The molecular formula is C13H15Cl2N3O. The average molecular weight is 300 g/mol. The first-order valence-corrected chi connectivity index (χ1v) is 6.74. The maximum absolute atomic E-state index is 6.16. The van der Waals surface area contributed by atoms with E-state index in [-0.39, 0.29) is 0 Å². The van der Waals surface area contributed by atoms with Crippen LogP contribution in [0.25, 0.3) is 0 Å². The van der Waals surface area contributed by atoms with E-state index >= 15 is 0 Å². The van der Waals surface area contributed by atoms with Crippen molar-refractivity contribution in [2.45, 2.75) is 13.0 Å². The van der Waals surface area contributed by atoms with E-state index in [9.17, 15) is 0 Å². The van der Waals surface area contributed by atoms with Gasteiger partial charge in [-0.25, -0.2) is 0 Å². The van der Waals surface area contributed by atoms with Gasteiger partial charge < -0.3 is 10.5 Å². The third-order valence-electron chi connectivity index (χ3n) is 2.62. The quantitative estimate of drug-likeness (QED) is 0.892. The molecule has 19 heavy (non-hydrogen) atoms.